The highest BCUT2D eigenvalue weighted by Gasteiger charge is 2.11. The van der Waals surface area contributed by atoms with Gasteiger partial charge in [-0.25, -0.2) is 4.98 Å². The van der Waals surface area contributed by atoms with E-state index in [1.807, 2.05) is 78.9 Å². The monoisotopic (exact) mass is 430 g/mol. The van der Waals surface area contributed by atoms with Gasteiger partial charge in [-0.1, -0.05) is 48.5 Å². The first kappa shape index (κ1) is 20.7. The van der Waals surface area contributed by atoms with Crippen LogP contribution in [0.5, 0.6) is 11.6 Å². The van der Waals surface area contributed by atoms with E-state index in [0.29, 0.717) is 17.6 Å². The Morgan fingerprint density at radius 3 is 2.45 bits per heavy atom. The van der Waals surface area contributed by atoms with Crippen LogP contribution >= 0.6 is 11.9 Å². The van der Waals surface area contributed by atoms with E-state index in [4.69, 9.17) is 14.6 Å². The molecular formula is C24H22N4O2S. The van der Waals surface area contributed by atoms with E-state index >= 15 is 0 Å². The molecular weight excluding hydrogens is 408 g/mol. The minimum absolute atomic E-state index is 0.460. The van der Waals surface area contributed by atoms with Crippen LogP contribution in [-0.4, -0.2) is 17.1 Å². The second-order valence-electron chi connectivity index (χ2n) is 6.68. The van der Waals surface area contributed by atoms with Crippen LogP contribution < -0.4 is 14.9 Å². The van der Waals surface area contributed by atoms with Gasteiger partial charge in [-0.15, -0.1) is 0 Å². The molecule has 4 rings (SSSR count). The summed E-state index contributed by atoms with van der Waals surface area (Å²) in [4.78, 5) is 15.2. The first-order valence-electron chi connectivity index (χ1n) is 9.71. The number of nitrogens with zero attached hydrogens (tertiary/aromatic N) is 2. The highest BCUT2D eigenvalue weighted by atomic mass is 32.2. The number of hydrogen-bond acceptors (Lipinski definition) is 7. The number of ether oxygens (including phenoxy) is 1. The molecule has 156 valence electrons. The van der Waals surface area contributed by atoms with Gasteiger partial charge in [0.05, 0.1) is 18.5 Å². The Morgan fingerprint density at radius 2 is 1.65 bits per heavy atom. The average Bonchev–Trinajstić information content (AvgIpc) is 2.79. The number of aryl methyl sites for hydroxylation is 1. The lowest BCUT2D eigenvalue weighted by molar-refractivity contribution is 0.271. The van der Waals surface area contributed by atoms with Gasteiger partial charge in [-0.2, -0.15) is 4.98 Å². The molecule has 0 aliphatic carbocycles. The van der Waals surface area contributed by atoms with Crippen LogP contribution in [-0.2, 0) is 4.84 Å². The van der Waals surface area contributed by atoms with Gasteiger partial charge < -0.3 is 4.74 Å². The highest BCUT2D eigenvalue weighted by Crippen LogP contribution is 2.30. The van der Waals surface area contributed by atoms with Crippen LogP contribution in [0.1, 0.15) is 5.56 Å². The summed E-state index contributed by atoms with van der Waals surface area (Å²) in [6.45, 7) is 2.06. The van der Waals surface area contributed by atoms with Gasteiger partial charge in [-0.3, -0.25) is 15.0 Å². The summed E-state index contributed by atoms with van der Waals surface area (Å²) in [6.07, 6.45) is 0. The number of benzene rings is 3. The molecule has 0 saturated carbocycles. The fourth-order valence-corrected chi connectivity index (χ4v) is 3.61. The molecule has 0 aliphatic rings. The number of para-hydroxylation sites is 1. The Kier molecular flexibility index (Phi) is 6.66. The minimum Gasteiger partial charge on any atom is -0.439 e. The van der Waals surface area contributed by atoms with E-state index < -0.39 is 0 Å². The maximum absolute atomic E-state index is 6.00. The van der Waals surface area contributed by atoms with Gasteiger partial charge in [0.25, 0.3) is 0 Å². The van der Waals surface area contributed by atoms with Crippen molar-refractivity contribution in [2.24, 2.45) is 0 Å². The molecule has 1 aromatic heterocycles. The maximum Gasteiger partial charge on any atom is 0.237 e. The van der Waals surface area contributed by atoms with Crippen LogP contribution in [0, 0.1) is 6.92 Å². The molecule has 0 radical (unpaired) electrons. The second-order valence-corrected chi connectivity index (χ2v) is 7.56. The van der Waals surface area contributed by atoms with E-state index in [1.165, 1.54) is 11.9 Å². The lowest BCUT2D eigenvalue weighted by Gasteiger charge is -2.12. The van der Waals surface area contributed by atoms with Crippen molar-refractivity contribution < 1.29 is 9.57 Å². The molecule has 0 unspecified atom stereocenters. The van der Waals surface area contributed by atoms with E-state index in [-0.39, 0.29) is 0 Å². The van der Waals surface area contributed by atoms with Crippen molar-refractivity contribution in [2.45, 2.75) is 11.8 Å². The first-order valence-corrected chi connectivity index (χ1v) is 10.5. The second kappa shape index (κ2) is 9.97. The third-order valence-electron chi connectivity index (χ3n) is 4.40. The summed E-state index contributed by atoms with van der Waals surface area (Å²) in [5.41, 5.74) is 6.63. The average molecular weight is 431 g/mol. The summed E-state index contributed by atoms with van der Waals surface area (Å²) in [6, 6.07) is 27.4. The molecule has 31 heavy (non-hydrogen) atoms. The maximum atomic E-state index is 6.00. The number of nitrogens with one attached hydrogen (secondary N) is 2. The van der Waals surface area contributed by atoms with Crippen molar-refractivity contribution >= 4 is 23.6 Å². The van der Waals surface area contributed by atoms with Gasteiger partial charge in [-0.05, 0) is 54.8 Å². The Labute approximate surface area is 185 Å². The van der Waals surface area contributed by atoms with Crippen LogP contribution in [0.2, 0.25) is 0 Å². The lowest BCUT2D eigenvalue weighted by Crippen LogP contribution is -2.00. The molecule has 2 N–H and O–H groups in total. The smallest absolute Gasteiger partial charge is 0.237 e. The minimum atomic E-state index is 0.460. The Balaban J connectivity index is 1.63. The Bertz CT molecular complexity index is 1160. The summed E-state index contributed by atoms with van der Waals surface area (Å²) < 4.78 is 9.23. The number of aromatic nitrogens is 2. The Morgan fingerprint density at radius 1 is 0.839 bits per heavy atom. The largest absolute Gasteiger partial charge is 0.439 e. The van der Waals surface area contributed by atoms with Crippen molar-refractivity contribution in [2.75, 3.05) is 17.3 Å². The van der Waals surface area contributed by atoms with E-state index in [1.54, 1.807) is 7.11 Å². The quantitative estimate of drug-likeness (QED) is 0.250. The highest BCUT2D eigenvalue weighted by molar-refractivity contribution is 8.00. The third kappa shape index (κ3) is 5.53. The third-order valence-corrected chi connectivity index (χ3v) is 5.18. The standard InChI is InChI=1S/C24H22N4O2S/c1-17-9-6-7-14-21(17)22-16-23(30-19-11-4-3-5-12-19)26-24(25-22)28-31-20-13-8-10-18(15-20)27-29-2/h3-16,27H,1-2H3,(H,25,26,28). The summed E-state index contributed by atoms with van der Waals surface area (Å²) in [7, 11) is 1.58. The normalized spacial score (nSPS) is 10.5. The summed E-state index contributed by atoms with van der Waals surface area (Å²) >= 11 is 1.41. The van der Waals surface area contributed by atoms with Crippen molar-refractivity contribution in [1.29, 1.82) is 0 Å². The van der Waals surface area contributed by atoms with Gasteiger partial charge in [0.1, 0.15) is 5.75 Å². The van der Waals surface area contributed by atoms with Gasteiger partial charge >= 0.3 is 0 Å². The first-order chi connectivity index (χ1) is 15.2. The van der Waals surface area contributed by atoms with Crippen molar-refractivity contribution in [3.05, 3.63) is 90.5 Å². The zero-order chi connectivity index (χ0) is 21.5. The van der Waals surface area contributed by atoms with Crippen LogP contribution in [0.15, 0.2) is 89.8 Å². The lowest BCUT2D eigenvalue weighted by atomic mass is 10.1. The predicted octanol–water partition coefficient (Wildman–Crippen LogP) is 6.34. The van der Waals surface area contributed by atoms with Gasteiger partial charge in [0.15, 0.2) is 0 Å². The summed E-state index contributed by atoms with van der Waals surface area (Å²) in [5, 5.41) is 0. The molecule has 0 aliphatic heterocycles. The zero-order valence-corrected chi connectivity index (χ0v) is 18.0. The fraction of sp³-hybridized carbons (Fsp3) is 0.0833. The number of rotatable bonds is 8. The molecule has 0 atom stereocenters. The van der Waals surface area contributed by atoms with Crippen molar-refractivity contribution in [3.63, 3.8) is 0 Å². The molecule has 6 nitrogen and oxygen atoms in total. The topological polar surface area (TPSA) is 68.3 Å². The van der Waals surface area contributed by atoms with Crippen molar-refractivity contribution in [3.8, 4) is 22.9 Å². The van der Waals surface area contributed by atoms with E-state index in [0.717, 1.165) is 27.4 Å². The van der Waals surface area contributed by atoms with E-state index in [2.05, 4.69) is 28.2 Å². The fourth-order valence-electron chi connectivity index (χ4n) is 2.98. The van der Waals surface area contributed by atoms with Gasteiger partial charge in [0.2, 0.25) is 11.8 Å². The van der Waals surface area contributed by atoms with Crippen molar-refractivity contribution in [1.82, 2.24) is 9.97 Å². The molecule has 0 fully saturated rings. The molecule has 0 saturated heterocycles. The Hall–Kier alpha value is -3.55. The summed E-state index contributed by atoms with van der Waals surface area (Å²) in [5.74, 6) is 1.65. The molecule has 0 amide bonds. The molecule has 1 heterocycles. The van der Waals surface area contributed by atoms with Crippen LogP contribution in [0.4, 0.5) is 11.6 Å². The molecule has 4 aromatic rings. The van der Waals surface area contributed by atoms with Gasteiger partial charge in [0, 0.05) is 16.5 Å². The molecule has 0 bridgehead atoms. The number of anilines is 2. The predicted molar refractivity (Wildman–Crippen MR) is 125 cm³/mol. The zero-order valence-electron chi connectivity index (χ0n) is 17.2. The SMILES string of the molecule is CONc1cccc(SNc2nc(Oc3ccccc3)cc(-c3ccccc3C)n2)c1. The molecule has 3 aromatic carbocycles. The van der Waals surface area contributed by atoms with E-state index in [9.17, 15) is 0 Å². The number of hydrogen-bond donors (Lipinski definition) is 2. The molecule has 7 heteroatoms. The molecule has 0 spiro atoms. The van der Waals surface area contributed by atoms with Crippen LogP contribution in [0.25, 0.3) is 11.3 Å². The van der Waals surface area contributed by atoms with Crippen LogP contribution in [0.3, 0.4) is 0 Å².